The minimum atomic E-state index is 0.140. The zero-order valence-electron chi connectivity index (χ0n) is 14.0. The van der Waals surface area contributed by atoms with E-state index in [0.717, 1.165) is 32.6 Å². The molecule has 1 heterocycles. The van der Waals surface area contributed by atoms with E-state index >= 15 is 0 Å². The molecule has 1 aromatic heterocycles. The molecule has 0 saturated carbocycles. The van der Waals surface area contributed by atoms with Crippen molar-refractivity contribution in [1.29, 1.82) is 0 Å². The summed E-state index contributed by atoms with van der Waals surface area (Å²) >= 11 is 1.78. The van der Waals surface area contributed by atoms with Crippen molar-refractivity contribution in [3.63, 3.8) is 0 Å². The summed E-state index contributed by atoms with van der Waals surface area (Å²) in [5, 5.41) is 3.42. The van der Waals surface area contributed by atoms with Crippen molar-refractivity contribution in [2.45, 2.75) is 59.9 Å². The monoisotopic (exact) mass is 297 g/mol. The molecule has 0 saturated heterocycles. The summed E-state index contributed by atoms with van der Waals surface area (Å²) in [6.45, 7) is 17.1. The molecule has 0 aromatic carbocycles. The van der Waals surface area contributed by atoms with E-state index in [4.69, 9.17) is 10.7 Å². The lowest BCUT2D eigenvalue weighted by Gasteiger charge is -2.31. The zero-order chi connectivity index (χ0) is 15.4. The van der Waals surface area contributed by atoms with Crippen LogP contribution in [0.1, 0.15) is 58.7 Å². The van der Waals surface area contributed by atoms with Crippen LogP contribution in [-0.4, -0.2) is 29.5 Å². The Hall–Kier alpha value is -0.450. The summed E-state index contributed by atoms with van der Waals surface area (Å²) < 4.78 is 0. The van der Waals surface area contributed by atoms with E-state index in [-0.39, 0.29) is 10.8 Å². The first-order chi connectivity index (χ1) is 9.18. The molecule has 0 radical (unpaired) electrons. The lowest BCUT2D eigenvalue weighted by Crippen LogP contribution is -2.38. The Morgan fingerprint density at radius 3 is 2.35 bits per heavy atom. The predicted molar refractivity (Wildman–Crippen MR) is 89.2 cm³/mol. The number of thiazole rings is 1. The smallest absolute Gasteiger partial charge is 0.107 e. The summed E-state index contributed by atoms with van der Waals surface area (Å²) in [7, 11) is 0. The Morgan fingerprint density at radius 2 is 1.90 bits per heavy atom. The largest absolute Gasteiger partial charge is 0.330 e. The van der Waals surface area contributed by atoms with Crippen LogP contribution in [0.4, 0.5) is 0 Å². The second kappa shape index (κ2) is 7.01. The Kier molecular flexibility index (Phi) is 6.17. The van der Waals surface area contributed by atoms with Crippen LogP contribution in [0.5, 0.6) is 0 Å². The van der Waals surface area contributed by atoms with Gasteiger partial charge >= 0.3 is 0 Å². The number of aromatic nitrogens is 1. The summed E-state index contributed by atoms with van der Waals surface area (Å²) in [5.41, 5.74) is 7.37. The number of nitrogens with zero attached hydrogens (tertiary/aromatic N) is 2. The van der Waals surface area contributed by atoms with Gasteiger partial charge in [0.05, 0.1) is 12.2 Å². The van der Waals surface area contributed by atoms with Crippen LogP contribution in [0.25, 0.3) is 0 Å². The minimum absolute atomic E-state index is 0.140. The van der Waals surface area contributed by atoms with Gasteiger partial charge in [-0.2, -0.15) is 0 Å². The number of hydrogen-bond acceptors (Lipinski definition) is 4. The highest BCUT2D eigenvalue weighted by molar-refractivity contribution is 7.09. The molecule has 0 spiro atoms. The van der Waals surface area contributed by atoms with Crippen molar-refractivity contribution < 1.29 is 0 Å². The van der Waals surface area contributed by atoms with Crippen LogP contribution in [0.3, 0.4) is 0 Å². The fourth-order valence-corrected chi connectivity index (χ4v) is 3.18. The van der Waals surface area contributed by atoms with Gasteiger partial charge in [-0.1, -0.05) is 41.5 Å². The lowest BCUT2D eigenvalue weighted by atomic mass is 9.93. The first-order valence-electron chi connectivity index (χ1n) is 7.55. The van der Waals surface area contributed by atoms with E-state index in [1.807, 2.05) is 0 Å². The standard InChI is InChI=1S/C16H31N3S/c1-7-8-19(12-16(5,6)11-17)9-14-18-13(10-20-14)15(2,3)4/h10H,7-9,11-12,17H2,1-6H3. The molecule has 0 aliphatic rings. The van der Waals surface area contributed by atoms with Gasteiger partial charge in [-0.05, 0) is 24.9 Å². The molecule has 0 aliphatic heterocycles. The van der Waals surface area contributed by atoms with Crippen molar-refractivity contribution in [3.8, 4) is 0 Å². The second-order valence-electron chi connectivity index (χ2n) is 7.46. The maximum Gasteiger partial charge on any atom is 0.107 e. The van der Waals surface area contributed by atoms with Gasteiger partial charge in [0.15, 0.2) is 0 Å². The molecular formula is C16H31N3S. The van der Waals surface area contributed by atoms with Crippen molar-refractivity contribution in [2.24, 2.45) is 11.1 Å². The zero-order valence-corrected chi connectivity index (χ0v) is 14.8. The number of nitrogens with two attached hydrogens (primary N) is 1. The fraction of sp³-hybridized carbons (Fsp3) is 0.812. The Bertz CT molecular complexity index is 404. The fourth-order valence-electron chi connectivity index (χ4n) is 2.12. The predicted octanol–water partition coefficient (Wildman–Crippen LogP) is 3.64. The molecule has 0 unspecified atom stereocenters. The summed E-state index contributed by atoms with van der Waals surface area (Å²) in [5.74, 6) is 0. The van der Waals surface area contributed by atoms with Gasteiger partial charge in [0, 0.05) is 17.3 Å². The van der Waals surface area contributed by atoms with Crippen molar-refractivity contribution in [1.82, 2.24) is 9.88 Å². The van der Waals surface area contributed by atoms with Crippen LogP contribution in [0.15, 0.2) is 5.38 Å². The number of rotatable bonds is 7. The lowest BCUT2D eigenvalue weighted by molar-refractivity contribution is 0.175. The molecule has 0 fully saturated rings. The summed E-state index contributed by atoms with van der Waals surface area (Å²) in [6.07, 6.45) is 1.16. The molecule has 0 aliphatic carbocycles. The molecule has 4 heteroatoms. The minimum Gasteiger partial charge on any atom is -0.330 e. The third kappa shape index (κ3) is 5.51. The third-order valence-electron chi connectivity index (χ3n) is 3.42. The van der Waals surface area contributed by atoms with Crippen molar-refractivity contribution >= 4 is 11.3 Å². The van der Waals surface area contributed by atoms with Crippen molar-refractivity contribution in [3.05, 3.63) is 16.1 Å². The maximum absolute atomic E-state index is 5.87. The molecule has 0 atom stereocenters. The second-order valence-corrected chi connectivity index (χ2v) is 8.40. The van der Waals surface area contributed by atoms with E-state index in [1.165, 1.54) is 10.7 Å². The topological polar surface area (TPSA) is 42.2 Å². The molecule has 0 amide bonds. The highest BCUT2D eigenvalue weighted by Gasteiger charge is 2.22. The molecule has 0 bridgehead atoms. The van der Waals surface area contributed by atoms with E-state index < -0.39 is 0 Å². The normalized spacial score (nSPS) is 13.2. The quantitative estimate of drug-likeness (QED) is 0.835. The van der Waals surface area contributed by atoms with E-state index in [0.29, 0.717) is 0 Å². The Balaban J connectivity index is 2.73. The van der Waals surface area contributed by atoms with Crippen LogP contribution < -0.4 is 5.73 Å². The SMILES string of the molecule is CCCN(Cc1nc(C(C)(C)C)cs1)CC(C)(C)CN. The van der Waals surface area contributed by atoms with Gasteiger partial charge < -0.3 is 5.73 Å². The van der Waals surface area contributed by atoms with Crippen molar-refractivity contribution in [2.75, 3.05) is 19.6 Å². The van der Waals surface area contributed by atoms with Gasteiger partial charge in [-0.25, -0.2) is 4.98 Å². The molecule has 1 rings (SSSR count). The van der Waals surface area contributed by atoms with Crippen LogP contribution >= 0.6 is 11.3 Å². The van der Waals surface area contributed by atoms with Crippen LogP contribution in [0, 0.1) is 5.41 Å². The molecule has 3 nitrogen and oxygen atoms in total. The molecule has 1 aromatic rings. The highest BCUT2D eigenvalue weighted by Crippen LogP contribution is 2.25. The van der Waals surface area contributed by atoms with Gasteiger partial charge in [-0.3, -0.25) is 4.90 Å². The first-order valence-corrected chi connectivity index (χ1v) is 8.43. The van der Waals surface area contributed by atoms with Gasteiger partial charge in [0.1, 0.15) is 5.01 Å². The van der Waals surface area contributed by atoms with Crippen LogP contribution in [-0.2, 0) is 12.0 Å². The average Bonchev–Trinajstić information content (AvgIpc) is 2.77. The maximum atomic E-state index is 5.87. The summed E-state index contributed by atoms with van der Waals surface area (Å²) in [6, 6.07) is 0. The van der Waals surface area contributed by atoms with E-state index in [9.17, 15) is 0 Å². The van der Waals surface area contributed by atoms with Crippen LogP contribution in [0.2, 0.25) is 0 Å². The third-order valence-corrected chi connectivity index (χ3v) is 4.26. The number of hydrogen-bond donors (Lipinski definition) is 1. The Labute approximate surface area is 128 Å². The molecular weight excluding hydrogens is 266 g/mol. The van der Waals surface area contributed by atoms with Gasteiger partial charge in [0.25, 0.3) is 0 Å². The van der Waals surface area contributed by atoms with E-state index in [2.05, 4.69) is 51.8 Å². The summed E-state index contributed by atoms with van der Waals surface area (Å²) in [4.78, 5) is 7.29. The van der Waals surface area contributed by atoms with Gasteiger partial charge in [-0.15, -0.1) is 11.3 Å². The molecule has 116 valence electrons. The van der Waals surface area contributed by atoms with Gasteiger partial charge in [0.2, 0.25) is 0 Å². The van der Waals surface area contributed by atoms with E-state index in [1.54, 1.807) is 11.3 Å². The molecule has 20 heavy (non-hydrogen) atoms. The Morgan fingerprint density at radius 1 is 1.25 bits per heavy atom. The first kappa shape index (κ1) is 17.6. The highest BCUT2D eigenvalue weighted by atomic mass is 32.1. The average molecular weight is 298 g/mol. The molecule has 2 N–H and O–H groups in total.